The highest BCUT2D eigenvalue weighted by Gasteiger charge is 2.24. The Bertz CT molecular complexity index is 992. The van der Waals surface area contributed by atoms with Gasteiger partial charge in [-0.3, -0.25) is 4.79 Å². The number of benzene rings is 2. The van der Waals surface area contributed by atoms with E-state index >= 15 is 0 Å². The SMILES string of the molecule is CC(=Cc1ccccc1)C=C1SC(=Nc2cc(C(=O)O)ccc2C)NC1=O. The van der Waals surface area contributed by atoms with Crippen molar-refractivity contribution in [2.24, 2.45) is 4.99 Å². The first-order valence-corrected chi connectivity index (χ1v) is 9.11. The van der Waals surface area contributed by atoms with Crippen molar-refractivity contribution < 1.29 is 14.7 Å². The van der Waals surface area contributed by atoms with Crippen molar-refractivity contribution in [3.63, 3.8) is 0 Å². The minimum atomic E-state index is -1.01. The fraction of sp³-hybridized carbons (Fsp3) is 0.0952. The molecular formula is C21H18N2O3S. The summed E-state index contributed by atoms with van der Waals surface area (Å²) in [6.45, 7) is 3.78. The first-order valence-electron chi connectivity index (χ1n) is 8.29. The van der Waals surface area contributed by atoms with Crippen LogP contribution in [0.1, 0.15) is 28.4 Å². The molecule has 1 heterocycles. The second kappa shape index (κ2) is 8.05. The third kappa shape index (κ3) is 4.74. The summed E-state index contributed by atoms with van der Waals surface area (Å²) in [6.07, 6.45) is 3.81. The van der Waals surface area contributed by atoms with E-state index in [1.807, 2.05) is 56.3 Å². The molecule has 0 atom stereocenters. The predicted molar refractivity (Wildman–Crippen MR) is 109 cm³/mol. The van der Waals surface area contributed by atoms with Gasteiger partial charge in [0.05, 0.1) is 16.2 Å². The van der Waals surface area contributed by atoms with Crippen LogP contribution in [-0.4, -0.2) is 22.2 Å². The molecule has 1 saturated heterocycles. The molecule has 3 rings (SSSR count). The van der Waals surface area contributed by atoms with E-state index in [4.69, 9.17) is 5.11 Å². The van der Waals surface area contributed by atoms with E-state index in [2.05, 4.69) is 10.3 Å². The first kappa shape index (κ1) is 18.7. The van der Waals surface area contributed by atoms with Crippen LogP contribution in [-0.2, 0) is 4.79 Å². The molecule has 2 aromatic carbocycles. The van der Waals surface area contributed by atoms with Crippen molar-refractivity contribution in [3.8, 4) is 0 Å². The topological polar surface area (TPSA) is 78.8 Å². The average Bonchev–Trinajstić information content (AvgIpc) is 2.96. The number of allylic oxidation sites excluding steroid dienone is 2. The summed E-state index contributed by atoms with van der Waals surface area (Å²) in [5.74, 6) is -1.23. The Hall–Kier alpha value is -3.12. The second-order valence-electron chi connectivity index (χ2n) is 6.09. The van der Waals surface area contributed by atoms with E-state index in [0.29, 0.717) is 15.8 Å². The maximum absolute atomic E-state index is 12.2. The van der Waals surface area contributed by atoms with Crippen LogP contribution in [0, 0.1) is 6.92 Å². The average molecular weight is 378 g/mol. The van der Waals surface area contributed by atoms with Gasteiger partial charge in [-0.25, -0.2) is 9.79 Å². The number of rotatable bonds is 4. The number of hydrogen-bond acceptors (Lipinski definition) is 4. The normalized spacial score (nSPS) is 17.4. The van der Waals surface area contributed by atoms with Crippen molar-refractivity contribution in [3.05, 3.63) is 81.8 Å². The summed E-state index contributed by atoms with van der Waals surface area (Å²) >= 11 is 1.24. The van der Waals surface area contributed by atoms with E-state index in [1.54, 1.807) is 6.07 Å². The number of nitrogens with one attached hydrogen (secondary N) is 1. The summed E-state index contributed by atoms with van der Waals surface area (Å²) < 4.78 is 0. The van der Waals surface area contributed by atoms with E-state index in [1.165, 1.54) is 23.9 Å². The number of nitrogens with zero attached hydrogens (tertiary/aromatic N) is 1. The second-order valence-corrected chi connectivity index (χ2v) is 7.12. The number of carboxylic acid groups (broad SMARTS) is 1. The highest BCUT2D eigenvalue weighted by Crippen LogP contribution is 2.29. The molecule has 1 fully saturated rings. The lowest BCUT2D eigenvalue weighted by Gasteiger charge is -2.03. The zero-order chi connectivity index (χ0) is 19.4. The lowest BCUT2D eigenvalue weighted by atomic mass is 10.1. The smallest absolute Gasteiger partial charge is 0.335 e. The van der Waals surface area contributed by atoms with Crippen LogP contribution in [0.2, 0.25) is 0 Å². The van der Waals surface area contributed by atoms with Crippen molar-refractivity contribution in [1.29, 1.82) is 0 Å². The Morgan fingerprint density at radius 2 is 1.93 bits per heavy atom. The summed E-state index contributed by atoms with van der Waals surface area (Å²) in [6, 6.07) is 14.6. The van der Waals surface area contributed by atoms with Crippen LogP contribution in [0.3, 0.4) is 0 Å². The van der Waals surface area contributed by atoms with Gasteiger partial charge in [0.2, 0.25) is 0 Å². The van der Waals surface area contributed by atoms with Crippen molar-refractivity contribution >= 4 is 40.6 Å². The molecule has 6 heteroatoms. The standard InChI is InChI=1S/C21H18N2O3S/c1-13(10-15-6-4-3-5-7-15)11-18-19(24)23-21(27-18)22-17-12-16(20(25)26)9-8-14(17)2/h3-12H,1-2H3,(H,25,26)(H,22,23,24). The highest BCUT2D eigenvalue weighted by molar-refractivity contribution is 8.18. The number of aromatic carboxylic acids is 1. The predicted octanol–water partition coefficient (Wildman–Crippen LogP) is 4.53. The zero-order valence-corrected chi connectivity index (χ0v) is 15.7. The van der Waals surface area contributed by atoms with Gasteiger partial charge in [-0.15, -0.1) is 0 Å². The fourth-order valence-corrected chi connectivity index (χ4v) is 3.40. The van der Waals surface area contributed by atoms with Gasteiger partial charge < -0.3 is 10.4 Å². The Balaban J connectivity index is 1.83. The highest BCUT2D eigenvalue weighted by atomic mass is 32.2. The molecule has 136 valence electrons. The van der Waals surface area contributed by atoms with E-state index < -0.39 is 5.97 Å². The largest absolute Gasteiger partial charge is 0.478 e. The molecule has 5 nitrogen and oxygen atoms in total. The van der Waals surface area contributed by atoms with Crippen LogP contribution >= 0.6 is 11.8 Å². The number of aryl methyl sites for hydroxylation is 1. The minimum Gasteiger partial charge on any atom is -0.478 e. The molecule has 0 aromatic heterocycles. The van der Waals surface area contributed by atoms with Gasteiger partial charge >= 0.3 is 5.97 Å². The lowest BCUT2D eigenvalue weighted by Crippen LogP contribution is -2.19. The molecule has 1 aliphatic rings. The molecule has 0 aliphatic carbocycles. The van der Waals surface area contributed by atoms with Crippen LogP contribution in [0.25, 0.3) is 6.08 Å². The molecule has 0 saturated carbocycles. The number of hydrogen-bond donors (Lipinski definition) is 2. The molecule has 0 radical (unpaired) electrons. The Morgan fingerprint density at radius 3 is 2.63 bits per heavy atom. The Kier molecular flexibility index (Phi) is 5.57. The lowest BCUT2D eigenvalue weighted by molar-refractivity contribution is -0.115. The number of amidine groups is 1. The van der Waals surface area contributed by atoms with Gasteiger partial charge in [-0.2, -0.15) is 0 Å². The number of carbonyl (C=O) groups is 2. The van der Waals surface area contributed by atoms with Crippen LogP contribution in [0.15, 0.2) is 70.1 Å². The molecule has 1 amide bonds. The van der Waals surface area contributed by atoms with E-state index in [0.717, 1.165) is 16.7 Å². The van der Waals surface area contributed by atoms with Gasteiger partial charge in [0, 0.05) is 0 Å². The van der Waals surface area contributed by atoms with Crippen LogP contribution in [0.4, 0.5) is 5.69 Å². The first-order chi connectivity index (χ1) is 12.9. The molecule has 27 heavy (non-hydrogen) atoms. The van der Waals surface area contributed by atoms with E-state index in [9.17, 15) is 9.59 Å². The number of carboxylic acids is 1. The van der Waals surface area contributed by atoms with Crippen LogP contribution < -0.4 is 5.32 Å². The van der Waals surface area contributed by atoms with Crippen LogP contribution in [0.5, 0.6) is 0 Å². The van der Waals surface area contributed by atoms with Crippen molar-refractivity contribution in [1.82, 2.24) is 5.32 Å². The summed E-state index contributed by atoms with van der Waals surface area (Å²) in [4.78, 5) is 28.3. The van der Waals surface area contributed by atoms with Gasteiger partial charge in [0.15, 0.2) is 5.17 Å². The molecule has 0 spiro atoms. The van der Waals surface area contributed by atoms with Gasteiger partial charge in [0.1, 0.15) is 0 Å². The number of amides is 1. The number of thioether (sulfide) groups is 1. The summed E-state index contributed by atoms with van der Waals surface area (Å²) in [5, 5.41) is 12.3. The zero-order valence-electron chi connectivity index (χ0n) is 14.9. The fourth-order valence-electron chi connectivity index (χ4n) is 2.51. The van der Waals surface area contributed by atoms with Gasteiger partial charge in [-0.1, -0.05) is 42.5 Å². The third-order valence-electron chi connectivity index (χ3n) is 3.88. The van der Waals surface area contributed by atoms with Gasteiger partial charge in [0.25, 0.3) is 5.91 Å². The molecule has 2 N–H and O–H groups in total. The molecule has 0 bridgehead atoms. The van der Waals surface area contributed by atoms with Gasteiger partial charge in [-0.05, 0) is 60.5 Å². The molecule has 0 unspecified atom stereocenters. The monoisotopic (exact) mass is 378 g/mol. The maximum atomic E-state index is 12.2. The minimum absolute atomic E-state index is 0.159. The Labute approximate surface area is 161 Å². The Morgan fingerprint density at radius 1 is 1.19 bits per heavy atom. The summed E-state index contributed by atoms with van der Waals surface area (Å²) in [5.41, 5.74) is 3.52. The number of carbonyl (C=O) groups excluding carboxylic acids is 1. The van der Waals surface area contributed by atoms with Crippen molar-refractivity contribution in [2.75, 3.05) is 0 Å². The third-order valence-corrected chi connectivity index (χ3v) is 4.79. The quantitative estimate of drug-likeness (QED) is 0.766. The number of aliphatic imine (C=N–C) groups is 1. The maximum Gasteiger partial charge on any atom is 0.335 e. The molecular weight excluding hydrogens is 360 g/mol. The molecule has 2 aromatic rings. The van der Waals surface area contributed by atoms with Crippen molar-refractivity contribution in [2.45, 2.75) is 13.8 Å². The summed E-state index contributed by atoms with van der Waals surface area (Å²) in [7, 11) is 0. The van der Waals surface area contributed by atoms with E-state index in [-0.39, 0.29) is 11.5 Å². The molecule has 1 aliphatic heterocycles.